The van der Waals surface area contributed by atoms with Gasteiger partial charge in [0.05, 0.1) is 11.1 Å². The number of carbonyl (C=O) groups excluding carboxylic acids is 2. The van der Waals surface area contributed by atoms with Crippen LogP contribution in [0.25, 0.3) is 10.9 Å². The molecule has 1 saturated heterocycles. The van der Waals surface area contributed by atoms with Crippen molar-refractivity contribution >= 4 is 22.7 Å². The molecule has 4 rings (SSSR count). The highest BCUT2D eigenvalue weighted by Gasteiger charge is 2.27. The normalized spacial score (nSPS) is 14.7. The Labute approximate surface area is 151 Å². The molecule has 0 saturated carbocycles. The van der Waals surface area contributed by atoms with E-state index in [-0.39, 0.29) is 11.8 Å². The number of aryl methyl sites for hydroxylation is 1. The lowest BCUT2D eigenvalue weighted by Crippen LogP contribution is -2.50. The minimum atomic E-state index is -0.0338. The lowest BCUT2D eigenvalue weighted by atomic mass is 10.1. The molecule has 3 heterocycles. The van der Waals surface area contributed by atoms with Gasteiger partial charge in [-0.15, -0.1) is 0 Å². The van der Waals surface area contributed by atoms with Gasteiger partial charge < -0.3 is 14.8 Å². The second-order valence-corrected chi connectivity index (χ2v) is 6.50. The van der Waals surface area contributed by atoms with Gasteiger partial charge in [0.2, 0.25) is 0 Å². The maximum atomic E-state index is 13.0. The van der Waals surface area contributed by atoms with E-state index in [9.17, 15) is 9.59 Å². The van der Waals surface area contributed by atoms with E-state index in [0.29, 0.717) is 31.7 Å². The van der Waals surface area contributed by atoms with Crippen LogP contribution in [-0.4, -0.2) is 57.8 Å². The van der Waals surface area contributed by atoms with E-state index in [0.717, 1.165) is 22.2 Å². The summed E-state index contributed by atoms with van der Waals surface area (Å²) in [5.41, 5.74) is 3.16. The molecule has 6 nitrogen and oxygen atoms in total. The number of fused-ring (bicyclic) bond motifs is 1. The molecule has 1 aromatic carbocycles. The Hall–Kier alpha value is -3.15. The predicted molar refractivity (Wildman–Crippen MR) is 99.1 cm³/mol. The van der Waals surface area contributed by atoms with Crippen LogP contribution in [0.5, 0.6) is 0 Å². The maximum Gasteiger partial charge on any atom is 0.256 e. The summed E-state index contributed by atoms with van der Waals surface area (Å²) >= 11 is 0. The Morgan fingerprint density at radius 1 is 0.962 bits per heavy atom. The van der Waals surface area contributed by atoms with Crippen LogP contribution >= 0.6 is 0 Å². The van der Waals surface area contributed by atoms with Gasteiger partial charge in [0.25, 0.3) is 11.8 Å². The molecule has 0 unspecified atom stereocenters. The first kappa shape index (κ1) is 16.3. The zero-order valence-corrected chi connectivity index (χ0v) is 14.6. The first-order valence-electron chi connectivity index (χ1n) is 8.71. The van der Waals surface area contributed by atoms with Crippen molar-refractivity contribution in [3.8, 4) is 0 Å². The van der Waals surface area contributed by atoms with Crippen LogP contribution in [0.1, 0.15) is 26.4 Å². The highest BCUT2D eigenvalue weighted by molar-refractivity contribution is 6.08. The smallest absolute Gasteiger partial charge is 0.256 e. The van der Waals surface area contributed by atoms with Crippen LogP contribution in [0.2, 0.25) is 0 Å². The SMILES string of the molecule is Cc1[nH]c2ccccc2c1C(=O)N1CCN(C(=O)c2cccnc2)CC1. The average Bonchev–Trinajstić information content (AvgIpc) is 3.03. The molecule has 3 aromatic rings. The van der Waals surface area contributed by atoms with E-state index in [1.54, 1.807) is 29.4 Å². The second kappa shape index (κ2) is 6.63. The van der Waals surface area contributed by atoms with Crippen LogP contribution in [0.4, 0.5) is 0 Å². The number of rotatable bonds is 2. The van der Waals surface area contributed by atoms with Crippen molar-refractivity contribution in [2.45, 2.75) is 6.92 Å². The monoisotopic (exact) mass is 348 g/mol. The number of aromatic amines is 1. The van der Waals surface area contributed by atoms with Crippen molar-refractivity contribution in [3.63, 3.8) is 0 Å². The molecular weight excluding hydrogens is 328 g/mol. The molecule has 0 spiro atoms. The van der Waals surface area contributed by atoms with Crippen LogP contribution in [0.3, 0.4) is 0 Å². The summed E-state index contributed by atoms with van der Waals surface area (Å²) in [7, 11) is 0. The molecule has 2 aromatic heterocycles. The third-order valence-electron chi connectivity index (χ3n) is 4.87. The molecule has 0 radical (unpaired) electrons. The molecule has 1 aliphatic rings. The van der Waals surface area contributed by atoms with Crippen molar-refractivity contribution < 1.29 is 9.59 Å². The fourth-order valence-electron chi connectivity index (χ4n) is 3.49. The molecule has 26 heavy (non-hydrogen) atoms. The van der Waals surface area contributed by atoms with Crippen molar-refractivity contribution in [2.75, 3.05) is 26.2 Å². The largest absolute Gasteiger partial charge is 0.358 e. The third kappa shape index (κ3) is 2.83. The highest BCUT2D eigenvalue weighted by Crippen LogP contribution is 2.24. The number of carbonyl (C=O) groups is 2. The number of para-hydroxylation sites is 1. The van der Waals surface area contributed by atoms with E-state index in [2.05, 4.69) is 9.97 Å². The zero-order chi connectivity index (χ0) is 18.1. The summed E-state index contributed by atoms with van der Waals surface area (Å²) in [5, 5.41) is 0.948. The number of nitrogens with zero attached hydrogens (tertiary/aromatic N) is 3. The summed E-state index contributed by atoms with van der Waals surface area (Å²) in [5.74, 6) is -0.0121. The number of benzene rings is 1. The molecule has 132 valence electrons. The first-order valence-corrected chi connectivity index (χ1v) is 8.71. The summed E-state index contributed by atoms with van der Waals surface area (Å²) in [6.07, 6.45) is 3.23. The molecule has 2 amide bonds. The van der Waals surface area contributed by atoms with Crippen molar-refractivity contribution in [3.05, 3.63) is 65.6 Å². The number of pyridine rings is 1. The van der Waals surface area contributed by atoms with Crippen LogP contribution in [-0.2, 0) is 0 Å². The quantitative estimate of drug-likeness (QED) is 0.773. The van der Waals surface area contributed by atoms with E-state index < -0.39 is 0 Å². The molecule has 6 heteroatoms. The third-order valence-corrected chi connectivity index (χ3v) is 4.87. The average molecular weight is 348 g/mol. The minimum Gasteiger partial charge on any atom is -0.358 e. The van der Waals surface area contributed by atoms with Gasteiger partial charge in [-0.2, -0.15) is 0 Å². The molecule has 0 bridgehead atoms. The summed E-state index contributed by atoms with van der Waals surface area (Å²) in [6, 6.07) is 11.4. The van der Waals surface area contributed by atoms with Gasteiger partial charge in [-0.25, -0.2) is 0 Å². The fraction of sp³-hybridized carbons (Fsp3) is 0.250. The summed E-state index contributed by atoms with van der Waals surface area (Å²) < 4.78 is 0. The van der Waals surface area contributed by atoms with Gasteiger partial charge in [0.1, 0.15) is 0 Å². The number of hydrogen-bond acceptors (Lipinski definition) is 3. The van der Waals surface area contributed by atoms with E-state index in [1.807, 2.05) is 36.1 Å². The van der Waals surface area contributed by atoms with E-state index in [1.165, 1.54) is 0 Å². The van der Waals surface area contributed by atoms with Crippen molar-refractivity contribution in [1.29, 1.82) is 0 Å². The lowest BCUT2D eigenvalue weighted by molar-refractivity contribution is 0.0536. The Bertz CT molecular complexity index is 956. The summed E-state index contributed by atoms with van der Waals surface area (Å²) in [4.78, 5) is 36.4. The van der Waals surface area contributed by atoms with Crippen LogP contribution < -0.4 is 0 Å². The van der Waals surface area contributed by atoms with Gasteiger partial charge >= 0.3 is 0 Å². The Morgan fingerprint density at radius 3 is 2.35 bits per heavy atom. The number of nitrogens with one attached hydrogen (secondary N) is 1. The lowest BCUT2D eigenvalue weighted by Gasteiger charge is -2.34. The van der Waals surface area contributed by atoms with Crippen LogP contribution in [0.15, 0.2) is 48.8 Å². The number of piperazine rings is 1. The molecule has 0 atom stereocenters. The van der Waals surface area contributed by atoms with Gasteiger partial charge in [-0.05, 0) is 25.1 Å². The van der Waals surface area contributed by atoms with Gasteiger partial charge in [-0.3, -0.25) is 14.6 Å². The Morgan fingerprint density at radius 2 is 1.65 bits per heavy atom. The minimum absolute atomic E-state index is 0.0217. The second-order valence-electron chi connectivity index (χ2n) is 6.50. The van der Waals surface area contributed by atoms with Gasteiger partial charge in [0, 0.05) is 55.2 Å². The number of amides is 2. The Kier molecular flexibility index (Phi) is 4.16. The van der Waals surface area contributed by atoms with Crippen molar-refractivity contribution in [1.82, 2.24) is 19.8 Å². The van der Waals surface area contributed by atoms with Crippen LogP contribution in [0, 0.1) is 6.92 Å². The molecular formula is C20H20N4O2. The number of hydrogen-bond donors (Lipinski definition) is 1. The van der Waals surface area contributed by atoms with E-state index >= 15 is 0 Å². The first-order chi connectivity index (χ1) is 12.6. The zero-order valence-electron chi connectivity index (χ0n) is 14.6. The van der Waals surface area contributed by atoms with Gasteiger partial charge in [-0.1, -0.05) is 18.2 Å². The number of H-pyrrole nitrogens is 1. The van der Waals surface area contributed by atoms with E-state index in [4.69, 9.17) is 0 Å². The maximum absolute atomic E-state index is 13.0. The van der Waals surface area contributed by atoms with Gasteiger partial charge in [0.15, 0.2) is 0 Å². The predicted octanol–water partition coefficient (Wildman–Crippen LogP) is 2.47. The standard InChI is InChI=1S/C20H20N4O2/c1-14-18(16-6-2-3-7-17(16)22-14)20(26)24-11-9-23(10-12-24)19(25)15-5-4-8-21-13-15/h2-8,13,22H,9-12H2,1H3. The number of aromatic nitrogens is 2. The highest BCUT2D eigenvalue weighted by atomic mass is 16.2. The molecule has 0 aliphatic carbocycles. The molecule has 1 fully saturated rings. The topological polar surface area (TPSA) is 69.3 Å². The molecule has 1 aliphatic heterocycles. The Balaban J connectivity index is 1.48. The summed E-state index contributed by atoms with van der Waals surface area (Å²) in [6.45, 7) is 4.05. The molecule has 1 N–H and O–H groups in total. The van der Waals surface area contributed by atoms with Crippen molar-refractivity contribution in [2.24, 2.45) is 0 Å². The fourth-order valence-corrected chi connectivity index (χ4v) is 3.49.